The van der Waals surface area contributed by atoms with Crippen molar-refractivity contribution in [2.75, 3.05) is 37.5 Å². The van der Waals surface area contributed by atoms with E-state index in [2.05, 4.69) is 20.6 Å². The Hall–Kier alpha value is -4.07. The van der Waals surface area contributed by atoms with Gasteiger partial charge in [-0.1, -0.05) is 6.07 Å². The number of carbonyl (C=O) groups is 1. The molecular weight excluding hydrogens is 406 g/mol. The smallest absolute Gasteiger partial charge is 0.258 e. The summed E-state index contributed by atoms with van der Waals surface area (Å²) in [5, 5.41) is 6.09. The molecule has 1 amide bonds. The highest BCUT2D eigenvalue weighted by atomic mass is 16.6. The molecule has 0 spiro atoms. The van der Waals surface area contributed by atoms with E-state index < -0.39 is 0 Å². The van der Waals surface area contributed by atoms with Gasteiger partial charge in [-0.3, -0.25) is 15.1 Å². The second-order valence-corrected chi connectivity index (χ2v) is 7.40. The predicted octanol–water partition coefficient (Wildman–Crippen LogP) is 3.32. The zero-order chi connectivity index (χ0) is 22.3. The fourth-order valence-corrected chi connectivity index (χ4v) is 3.13. The summed E-state index contributed by atoms with van der Waals surface area (Å²) in [7, 11) is 3.87. The van der Waals surface area contributed by atoms with Crippen molar-refractivity contribution < 1.29 is 14.3 Å². The molecule has 2 aromatic carbocycles. The van der Waals surface area contributed by atoms with Crippen LogP contribution in [0.15, 0.2) is 72.0 Å². The third-order valence-electron chi connectivity index (χ3n) is 4.83. The van der Waals surface area contributed by atoms with E-state index in [-0.39, 0.29) is 5.91 Å². The number of rotatable bonds is 5. The lowest BCUT2D eigenvalue weighted by Gasteiger charge is -2.19. The normalized spacial score (nSPS) is 12.8. The molecule has 0 saturated heterocycles. The molecule has 0 saturated carbocycles. The molecule has 0 aliphatic carbocycles. The lowest BCUT2D eigenvalue weighted by Crippen LogP contribution is -2.36. The number of nitrogens with one attached hydrogen (secondary N) is 2. The van der Waals surface area contributed by atoms with E-state index in [1.807, 2.05) is 67.5 Å². The Morgan fingerprint density at radius 3 is 2.59 bits per heavy atom. The highest BCUT2D eigenvalue weighted by molar-refractivity contribution is 6.10. The summed E-state index contributed by atoms with van der Waals surface area (Å²) >= 11 is 0. The Kier molecular flexibility index (Phi) is 6.50. The summed E-state index contributed by atoms with van der Waals surface area (Å²) in [5.74, 6) is 1.42. The molecule has 0 fully saturated rings. The number of ether oxygens (including phenoxy) is 2. The monoisotopic (exact) mass is 431 g/mol. The van der Waals surface area contributed by atoms with Gasteiger partial charge < -0.3 is 19.7 Å². The summed E-state index contributed by atoms with van der Waals surface area (Å²) in [6.07, 6.45) is 3.42. The van der Waals surface area contributed by atoms with Gasteiger partial charge in [0, 0.05) is 49.5 Å². The van der Waals surface area contributed by atoms with Crippen molar-refractivity contribution >= 4 is 23.2 Å². The summed E-state index contributed by atoms with van der Waals surface area (Å²) in [6.45, 7) is 1.41. The first-order valence-electron chi connectivity index (χ1n) is 10.3. The van der Waals surface area contributed by atoms with Crippen molar-refractivity contribution in [1.29, 1.82) is 0 Å². The Labute approximate surface area is 186 Å². The van der Waals surface area contributed by atoms with E-state index in [4.69, 9.17) is 9.47 Å². The van der Waals surface area contributed by atoms with Crippen molar-refractivity contribution in [2.45, 2.75) is 6.54 Å². The molecule has 0 radical (unpaired) electrons. The molecule has 8 heteroatoms. The number of amides is 1. The van der Waals surface area contributed by atoms with E-state index >= 15 is 0 Å². The molecule has 2 N–H and O–H groups in total. The molecule has 1 aliphatic heterocycles. The maximum absolute atomic E-state index is 13.0. The molecule has 1 aromatic heterocycles. The van der Waals surface area contributed by atoms with Gasteiger partial charge in [0.1, 0.15) is 13.2 Å². The van der Waals surface area contributed by atoms with Crippen molar-refractivity contribution in [2.24, 2.45) is 4.99 Å². The topological polar surface area (TPSA) is 88.1 Å². The standard InChI is InChI=1S/C24H25N5O3/c1-29(2)20-5-3-4-18(14-20)23(30)28-24(26-16-17-8-10-25-11-9-17)27-19-6-7-21-22(15-19)32-13-12-31-21/h3-11,14-15H,12-13,16H2,1-2H3,(H2,26,27,28,30). The number of nitrogens with zero attached hydrogens (tertiary/aromatic N) is 3. The lowest BCUT2D eigenvalue weighted by molar-refractivity contribution is 0.0977. The van der Waals surface area contributed by atoms with Crippen LogP contribution in [0, 0.1) is 0 Å². The fourth-order valence-electron chi connectivity index (χ4n) is 3.13. The van der Waals surface area contributed by atoms with Crippen LogP contribution >= 0.6 is 0 Å². The number of guanidine groups is 1. The van der Waals surface area contributed by atoms with Crippen molar-refractivity contribution in [3.05, 3.63) is 78.1 Å². The highest BCUT2D eigenvalue weighted by Crippen LogP contribution is 2.32. The van der Waals surface area contributed by atoms with Gasteiger partial charge in [-0.25, -0.2) is 4.99 Å². The molecule has 8 nitrogen and oxygen atoms in total. The Morgan fingerprint density at radius 2 is 1.81 bits per heavy atom. The van der Waals surface area contributed by atoms with Gasteiger partial charge in [0.25, 0.3) is 5.91 Å². The van der Waals surface area contributed by atoms with Crippen molar-refractivity contribution in [1.82, 2.24) is 10.3 Å². The fraction of sp³-hybridized carbons (Fsp3) is 0.208. The number of fused-ring (bicyclic) bond motifs is 1. The van der Waals surface area contributed by atoms with Gasteiger partial charge in [-0.2, -0.15) is 0 Å². The second-order valence-electron chi connectivity index (χ2n) is 7.40. The van der Waals surface area contributed by atoms with Gasteiger partial charge in [0.05, 0.1) is 6.54 Å². The number of aromatic nitrogens is 1. The minimum Gasteiger partial charge on any atom is -0.486 e. The highest BCUT2D eigenvalue weighted by Gasteiger charge is 2.14. The predicted molar refractivity (Wildman–Crippen MR) is 125 cm³/mol. The molecule has 0 atom stereocenters. The van der Waals surface area contributed by atoms with Gasteiger partial charge in [0.2, 0.25) is 5.96 Å². The zero-order valence-corrected chi connectivity index (χ0v) is 18.0. The Morgan fingerprint density at radius 1 is 1.03 bits per heavy atom. The Balaban J connectivity index is 1.56. The van der Waals surface area contributed by atoms with Crippen LogP contribution in [0.1, 0.15) is 15.9 Å². The van der Waals surface area contributed by atoms with Crippen LogP contribution in [0.5, 0.6) is 11.5 Å². The molecule has 4 rings (SSSR count). The number of aliphatic imine (C=N–C) groups is 1. The average Bonchev–Trinajstić information content (AvgIpc) is 2.83. The SMILES string of the molecule is CN(C)c1cccc(C(=O)NC(=NCc2ccncc2)Nc2ccc3c(c2)OCCO3)c1. The number of hydrogen-bond acceptors (Lipinski definition) is 6. The van der Waals surface area contributed by atoms with Crippen LogP contribution in [0.4, 0.5) is 11.4 Å². The maximum atomic E-state index is 13.0. The second kappa shape index (κ2) is 9.82. The number of pyridine rings is 1. The number of carbonyl (C=O) groups excluding carboxylic acids is 1. The van der Waals surface area contributed by atoms with E-state index in [0.29, 0.717) is 42.8 Å². The van der Waals surface area contributed by atoms with Crippen LogP contribution in [0.2, 0.25) is 0 Å². The maximum Gasteiger partial charge on any atom is 0.258 e. The third-order valence-corrected chi connectivity index (χ3v) is 4.83. The minimum absolute atomic E-state index is 0.257. The Bertz CT molecular complexity index is 1120. The van der Waals surface area contributed by atoms with E-state index in [9.17, 15) is 4.79 Å². The zero-order valence-electron chi connectivity index (χ0n) is 18.0. The molecule has 0 bridgehead atoms. The molecule has 0 unspecified atom stereocenters. The minimum atomic E-state index is -0.257. The number of anilines is 2. The third kappa shape index (κ3) is 5.34. The van der Waals surface area contributed by atoms with Crippen LogP contribution in [-0.4, -0.2) is 44.2 Å². The van der Waals surface area contributed by atoms with E-state index in [1.54, 1.807) is 18.5 Å². The first-order chi connectivity index (χ1) is 15.6. The molecular formula is C24H25N5O3. The summed E-state index contributed by atoms with van der Waals surface area (Å²) < 4.78 is 11.2. The van der Waals surface area contributed by atoms with Gasteiger partial charge in [-0.15, -0.1) is 0 Å². The molecule has 32 heavy (non-hydrogen) atoms. The summed E-state index contributed by atoms with van der Waals surface area (Å²) in [4.78, 5) is 23.5. The van der Waals surface area contributed by atoms with Crippen LogP contribution in [-0.2, 0) is 6.54 Å². The first kappa shape index (κ1) is 21.2. The molecule has 1 aliphatic rings. The van der Waals surface area contributed by atoms with Gasteiger partial charge >= 0.3 is 0 Å². The van der Waals surface area contributed by atoms with Crippen LogP contribution in [0.3, 0.4) is 0 Å². The van der Waals surface area contributed by atoms with Crippen LogP contribution < -0.4 is 25.0 Å². The quantitative estimate of drug-likeness (QED) is 0.476. The first-order valence-corrected chi connectivity index (χ1v) is 10.3. The van der Waals surface area contributed by atoms with E-state index in [1.165, 1.54) is 0 Å². The largest absolute Gasteiger partial charge is 0.486 e. The van der Waals surface area contributed by atoms with Gasteiger partial charge in [-0.05, 0) is 48.0 Å². The molecule has 164 valence electrons. The van der Waals surface area contributed by atoms with E-state index in [0.717, 1.165) is 16.9 Å². The molecule has 3 aromatic rings. The molecule has 2 heterocycles. The van der Waals surface area contributed by atoms with Crippen LogP contribution in [0.25, 0.3) is 0 Å². The summed E-state index contributed by atoms with van der Waals surface area (Å²) in [5.41, 5.74) is 3.18. The lowest BCUT2D eigenvalue weighted by atomic mass is 10.2. The van der Waals surface area contributed by atoms with Crippen molar-refractivity contribution in [3.8, 4) is 11.5 Å². The van der Waals surface area contributed by atoms with Crippen molar-refractivity contribution in [3.63, 3.8) is 0 Å². The summed E-state index contributed by atoms with van der Waals surface area (Å²) in [6, 6.07) is 16.7. The number of benzene rings is 2. The van der Waals surface area contributed by atoms with Gasteiger partial charge in [0.15, 0.2) is 11.5 Å². The average molecular weight is 431 g/mol. The number of hydrogen-bond donors (Lipinski definition) is 2.